The molecular formula is C46H54N6O14P2. The number of nitrogens with zero attached hydrogens (tertiary/aromatic N) is 2. The molecule has 0 spiro atoms. The number of fused-ring (bicyclic) bond motifs is 5. The second-order valence-electron chi connectivity index (χ2n) is 16.8. The van der Waals surface area contributed by atoms with Crippen LogP contribution in [-0.4, -0.2) is 88.1 Å². The van der Waals surface area contributed by atoms with Crippen molar-refractivity contribution in [2.75, 3.05) is 25.4 Å². The number of carboxylic acid groups (broad SMARTS) is 1. The highest BCUT2D eigenvalue weighted by Crippen LogP contribution is 2.49. The van der Waals surface area contributed by atoms with Crippen LogP contribution in [0.4, 0.5) is 5.69 Å². The number of cyclic esters (lactones) is 1. The van der Waals surface area contributed by atoms with Gasteiger partial charge in [-0.1, -0.05) is 13.8 Å². The molecule has 0 saturated heterocycles. The highest BCUT2D eigenvalue weighted by Gasteiger charge is 2.46. The topological polar surface area (TPSA) is 272 Å². The van der Waals surface area contributed by atoms with E-state index in [0.717, 1.165) is 11.1 Å². The molecule has 0 bridgehead atoms. The van der Waals surface area contributed by atoms with Crippen LogP contribution in [0.3, 0.4) is 0 Å². The van der Waals surface area contributed by atoms with Crippen molar-refractivity contribution < 1.29 is 61.6 Å². The predicted octanol–water partition coefficient (Wildman–Crippen LogP) is 5.31. The first-order chi connectivity index (χ1) is 32.3. The summed E-state index contributed by atoms with van der Waals surface area (Å²) >= 11 is 0. The Morgan fingerprint density at radius 2 is 1.74 bits per heavy atom. The van der Waals surface area contributed by atoms with Gasteiger partial charge < -0.3 is 49.0 Å². The van der Waals surface area contributed by atoms with E-state index in [-0.39, 0.29) is 61.6 Å². The Labute approximate surface area is 391 Å². The standard InChI is InChI=1S/C46H54N6O14P2/c1-7-33-34-22-32(18-19-38(34)49-40-35(33)24-52-39(40)23-37-36(43(52)55)25-63-45(58)46(37,59)8-2)66-68(61,50-26(4)41(53)47-27(5)44(56)57)65-31-16-14-29(15-17-31)48-42(54)28-10-12-30(13-11-28)51-67(60,9-3)64-21-20-62-6/h3,10-13,18-19,22-23,26-27,29,31,59H,7-8,14-17,20-21,24-25H2,1-2,4-6H3,(H,47,53)(H,48,54)(H,50,61)(H,51,60)(H,56,57)/t26?,27?,29?,31?,46-,67?,68?/m0/s1. The Morgan fingerprint density at radius 3 is 2.38 bits per heavy atom. The lowest BCUT2D eigenvalue weighted by atomic mass is 9.86. The molecule has 7 rings (SSSR count). The maximum Gasteiger partial charge on any atom is 0.459 e. The van der Waals surface area contributed by atoms with Crippen molar-refractivity contribution in [3.63, 3.8) is 0 Å². The number of aliphatic hydroxyl groups is 1. The number of terminal acetylenes is 1. The molecule has 1 aliphatic carbocycles. The molecule has 2 aromatic heterocycles. The van der Waals surface area contributed by atoms with Gasteiger partial charge in [0, 0.05) is 46.6 Å². The highest BCUT2D eigenvalue weighted by molar-refractivity contribution is 7.65. The Balaban J connectivity index is 1.08. The molecule has 4 heterocycles. The number of aromatic nitrogens is 2. The molecule has 5 atom stereocenters. The normalized spacial score (nSPS) is 21.0. The molecule has 68 heavy (non-hydrogen) atoms. The molecule has 20 nitrogen and oxygen atoms in total. The van der Waals surface area contributed by atoms with Crippen molar-refractivity contribution in [2.24, 2.45) is 0 Å². The molecule has 6 N–H and O–H groups in total. The smallest absolute Gasteiger partial charge is 0.459 e. The van der Waals surface area contributed by atoms with Crippen molar-refractivity contribution in [2.45, 2.75) is 109 Å². The number of ether oxygens (including phenoxy) is 2. The molecule has 3 aliphatic rings. The van der Waals surface area contributed by atoms with Crippen LogP contribution in [0.1, 0.15) is 92.4 Å². The quantitative estimate of drug-likeness (QED) is 0.0265. The number of methoxy groups -OCH3 is 1. The van der Waals surface area contributed by atoms with Gasteiger partial charge in [0.05, 0.1) is 54.4 Å². The first kappa shape index (κ1) is 50.0. The number of nitrogens with one attached hydrogen (secondary N) is 4. The van der Waals surface area contributed by atoms with Gasteiger partial charge in [0.25, 0.3) is 11.5 Å². The van der Waals surface area contributed by atoms with E-state index in [2.05, 4.69) is 26.5 Å². The number of esters is 1. The predicted molar refractivity (Wildman–Crippen MR) is 249 cm³/mol. The lowest BCUT2D eigenvalue weighted by Gasteiger charge is -2.32. The number of amides is 2. The van der Waals surface area contributed by atoms with Crippen molar-refractivity contribution in [1.82, 2.24) is 25.3 Å². The van der Waals surface area contributed by atoms with Gasteiger partial charge in [0.1, 0.15) is 18.4 Å². The van der Waals surface area contributed by atoms with E-state index in [1.54, 1.807) is 54.0 Å². The number of aliphatic carboxylic acids is 1. The third-order valence-electron chi connectivity index (χ3n) is 12.3. The molecular weight excluding hydrogens is 922 g/mol. The third kappa shape index (κ3) is 10.4. The fraction of sp³-hybridized carbons (Fsp3) is 0.435. The van der Waals surface area contributed by atoms with Crippen LogP contribution in [0.15, 0.2) is 53.3 Å². The molecule has 0 radical (unpaired) electrons. The third-order valence-corrected chi connectivity index (χ3v) is 15.5. The molecule has 2 aromatic carbocycles. The summed E-state index contributed by atoms with van der Waals surface area (Å²) in [4.78, 5) is 69.3. The zero-order chi connectivity index (χ0) is 49.1. The molecule has 4 aromatic rings. The summed E-state index contributed by atoms with van der Waals surface area (Å²) in [7, 11) is -6.61. The first-order valence-corrected chi connectivity index (χ1v) is 25.3. The second kappa shape index (κ2) is 20.4. The molecule has 362 valence electrons. The highest BCUT2D eigenvalue weighted by atomic mass is 31.2. The number of benzene rings is 2. The number of hydrogen-bond donors (Lipinski definition) is 6. The summed E-state index contributed by atoms with van der Waals surface area (Å²) in [5.74, 6) is -3.10. The second-order valence-corrected chi connectivity index (χ2v) is 20.3. The number of rotatable bonds is 19. The summed E-state index contributed by atoms with van der Waals surface area (Å²) in [5, 5.41) is 32.1. The fourth-order valence-corrected chi connectivity index (χ4v) is 11.3. The van der Waals surface area contributed by atoms with Crippen molar-refractivity contribution >= 4 is 55.6 Å². The number of anilines is 1. The van der Waals surface area contributed by atoms with Crippen LogP contribution in [0.25, 0.3) is 22.3 Å². The van der Waals surface area contributed by atoms with Gasteiger partial charge in [-0.15, -0.1) is 6.42 Å². The minimum atomic E-state index is -4.45. The Morgan fingerprint density at radius 1 is 1.01 bits per heavy atom. The molecule has 2 aliphatic heterocycles. The number of carbonyl (C=O) groups is 4. The number of hydrogen-bond acceptors (Lipinski definition) is 14. The van der Waals surface area contributed by atoms with Gasteiger partial charge in [0.15, 0.2) is 5.60 Å². The lowest BCUT2D eigenvalue weighted by molar-refractivity contribution is -0.172. The Bertz CT molecular complexity index is 2840. The first-order valence-electron chi connectivity index (χ1n) is 22.2. The van der Waals surface area contributed by atoms with Gasteiger partial charge >= 0.3 is 27.2 Å². The largest absolute Gasteiger partial charge is 0.480 e. The van der Waals surface area contributed by atoms with E-state index in [4.69, 9.17) is 34.5 Å². The van der Waals surface area contributed by atoms with E-state index < -0.39 is 62.5 Å². The van der Waals surface area contributed by atoms with Crippen LogP contribution >= 0.6 is 15.3 Å². The summed E-state index contributed by atoms with van der Waals surface area (Å²) in [6.45, 7) is 6.37. The van der Waals surface area contributed by atoms with E-state index in [0.29, 0.717) is 65.6 Å². The Kier molecular flexibility index (Phi) is 15.0. The van der Waals surface area contributed by atoms with Crippen LogP contribution in [0.2, 0.25) is 0 Å². The maximum atomic E-state index is 14.8. The van der Waals surface area contributed by atoms with Crippen molar-refractivity contribution in [3.8, 4) is 29.2 Å². The van der Waals surface area contributed by atoms with E-state index in [9.17, 15) is 43.3 Å². The van der Waals surface area contributed by atoms with E-state index >= 15 is 0 Å². The van der Waals surface area contributed by atoms with E-state index in [1.165, 1.54) is 27.0 Å². The fourth-order valence-electron chi connectivity index (χ4n) is 8.51. The average molecular weight is 977 g/mol. The van der Waals surface area contributed by atoms with Crippen LogP contribution in [0.5, 0.6) is 5.75 Å². The number of carboxylic acids is 1. The minimum Gasteiger partial charge on any atom is -0.480 e. The maximum absolute atomic E-state index is 14.8. The van der Waals surface area contributed by atoms with Crippen molar-refractivity contribution in [3.05, 3.63) is 86.7 Å². The molecule has 22 heteroatoms. The van der Waals surface area contributed by atoms with Gasteiger partial charge in [-0.3, -0.25) is 28.3 Å². The molecule has 1 fully saturated rings. The number of carbonyl (C=O) groups excluding carboxylic acids is 3. The molecule has 4 unspecified atom stereocenters. The lowest BCUT2D eigenvalue weighted by Crippen LogP contribution is -2.47. The summed E-state index contributed by atoms with van der Waals surface area (Å²) in [5.41, 5.74) is 3.93. The zero-order valence-corrected chi connectivity index (χ0v) is 39.9. The summed E-state index contributed by atoms with van der Waals surface area (Å²) in [6, 6.07) is 9.94. The van der Waals surface area contributed by atoms with Gasteiger partial charge in [0.2, 0.25) is 5.91 Å². The van der Waals surface area contributed by atoms with Crippen molar-refractivity contribution in [1.29, 1.82) is 0 Å². The van der Waals surface area contributed by atoms with E-state index in [1.807, 2.05) is 6.92 Å². The number of aryl methyl sites for hydroxylation is 1. The van der Waals surface area contributed by atoms with Crippen LogP contribution < -0.4 is 30.9 Å². The molecule has 1 saturated carbocycles. The van der Waals surface area contributed by atoms with Crippen LogP contribution in [-0.2, 0) is 67.2 Å². The van der Waals surface area contributed by atoms with Crippen LogP contribution in [0, 0.1) is 12.1 Å². The Hall–Kier alpha value is -5.90. The average Bonchev–Trinajstić information content (AvgIpc) is 3.68. The number of pyridine rings is 2. The van der Waals surface area contributed by atoms with Gasteiger partial charge in [-0.25, -0.2) is 14.3 Å². The van der Waals surface area contributed by atoms with Gasteiger partial charge in [-0.2, -0.15) is 5.09 Å². The van der Waals surface area contributed by atoms with Gasteiger partial charge in [-0.05, 0) is 106 Å². The summed E-state index contributed by atoms with van der Waals surface area (Å²) in [6.07, 6.45) is 6.85. The minimum absolute atomic E-state index is 0.000562. The monoisotopic (exact) mass is 976 g/mol. The zero-order valence-electron chi connectivity index (χ0n) is 38.2. The molecule has 2 amide bonds. The SMILES string of the molecule is C#CP(=O)(Nc1ccc(C(=O)NC2CCC(OP(=O)(NC(C)C(=O)NC(C)C(=O)O)Oc3ccc4nc5c(c(CC)c4c3)Cn3c-5cc4c(c3=O)COC(=O)[C@]4(O)CC)CC2)cc1)OCCOC. The summed E-state index contributed by atoms with van der Waals surface area (Å²) < 4.78 is 57.0.